The molecule has 424 valence electrons. The zero-order chi connectivity index (χ0) is 57.0. The zero-order valence-corrected chi connectivity index (χ0v) is 47.2. The van der Waals surface area contributed by atoms with Gasteiger partial charge in [-0.3, -0.25) is 14.4 Å². The Labute approximate surface area is 462 Å². The number of nitrogens with one attached hydrogen (secondary N) is 3. The van der Waals surface area contributed by atoms with Crippen molar-refractivity contribution in [3.8, 4) is 11.5 Å². The van der Waals surface area contributed by atoms with Crippen LogP contribution in [0.1, 0.15) is 98.0 Å². The van der Waals surface area contributed by atoms with Gasteiger partial charge < -0.3 is 50.5 Å². The van der Waals surface area contributed by atoms with E-state index in [9.17, 15) is 42.9 Å². The van der Waals surface area contributed by atoms with Crippen molar-refractivity contribution < 1.29 is 52.4 Å². The number of aliphatic hydroxyl groups excluding tert-OH is 2. The molecule has 0 aliphatic rings. The number of sulfonamides is 1. The zero-order valence-electron chi connectivity index (χ0n) is 46.4. The summed E-state index contributed by atoms with van der Waals surface area (Å²) in [5.41, 5.74) is 5.64. The average Bonchev–Trinajstić information content (AvgIpc) is 3.44. The summed E-state index contributed by atoms with van der Waals surface area (Å²) < 4.78 is 37.5. The van der Waals surface area contributed by atoms with Crippen LogP contribution in [-0.2, 0) is 45.5 Å². The molecule has 4 atom stereocenters. The van der Waals surface area contributed by atoms with Crippen LogP contribution in [0.5, 0.6) is 11.5 Å². The van der Waals surface area contributed by atoms with E-state index in [4.69, 9.17) is 9.47 Å². The molecular weight excluding hydrogens is 1010 g/mol. The molecule has 0 saturated heterocycles. The van der Waals surface area contributed by atoms with E-state index in [0.29, 0.717) is 81.0 Å². The molecule has 5 aromatic carbocycles. The first kappa shape index (κ1) is 63.7. The SMILES string of the molecule is CCCN(C(=O)CC)c1cc(C)cc(C(=O)N[C@@H](Cc2ccccc2)[C@H](O)CNCc2cccc(OC)c2)c1.CCCN(CCC)S(=O)(=O)CCC(=O)N[C@@H](Cc1ccccc1)[C@H](O)CN(Cc1cccc(OC)c1)C(=O)O. The Balaban J connectivity index is 0.000000336. The quantitative estimate of drug-likeness (QED) is 0.0251. The molecule has 0 heterocycles. The first-order chi connectivity index (χ1) is 37.4. The van der Waals surface area contributed by atoms with Crippen LogP contribution in [0.15, 0.2) is 127 Å². The molecule has 0 aromatic heterocycles. The summed E-state index contributed by atoms with van der Waals surface area (Å²) in [5.74, 6) is 0.227. The summed E-state index contributed by atoms with van der Waals surface area (Å²) in [5, 5.41) is 41.2. The van der Waals surface area contributed by atoms with Gasteiger partial charge >= 0.3 is 6.09 Å². The van der Waals surface area contributed by atoms with Gasteiger partial charge in [0.2, 0.25) is 21.8 Å². The van der Waals surface area contributed by atoms with Gasteiger partial charge in [-0.1, -0.05) is 113 Å². The van der Waals surface area contributed by atoms with Gasteiger partial charge in [-0.05, 0) is 109 Å². The highest BCUT2D eigenvalue weighted by molar-refractivity contribution is 7.89. The van der Waals surface area contributed by atoms with E-state index >= 15 is 0 Å². The highest BCUT2D eigenvalue weighted by Gasteiger charge is 2.29. The number of methoxy groups -OCH3 is 2. The summed E-state index contributed by atoms with van der Waals surface area (Å²) in [6.07, 6.45) is -0.297. The number of aliphatic hydroxyl groups is 2. The molecule has 78 heavy (non-hydrogen) atoms. The van der Waals surface area contributed by atoms with Crippen molar-refractivity contribution in [2.45, 2.75) is 117 Å². The van der Waals surface area contributed by atoms with Crippen LogP contribution < -0.4 is 30.3 Å². The van der Waals surface area contributed by atoms with Crippen LogP contribution in [-0.4, -0.2) is 134 Å². The fraction of sp³-hybridized carbons (Fsp3) is 0.433. The topological polar surface area (TPSA) is 227 Å². The molecule has 17 nitrogen and oxygen atoms in total. The van der Waals surface area contributed by atoms with Gasteiger partial charge in [0.25, 0.3) is 5.91 Å². The molecular formula is C60H82N6O11S. The van der Waals surface area contributed by atoms with Crippen LogP contribution in [0.25, 0.3) is 0 Å². The number of ether oxygens (including phenoxy) is 2. The molecule has 4 amide bonds. The maximum Gasteiger partial charge on any atom is 0.407 e. The molecule has 0 saturated carbocycles. The average molecular weight is 1100 g/mol. The Morgan fingerprint density at radius 3 is 1.72 bits per heavy atom. The number of rotatable bonds is 31. The minimum atomic E-state index is -3.61. The number of anilines is 1. The smallest absolute Gasteiger partial charge is 0.407 e. The first-order valence-corrected chi connectivity index (χ1v) is 28.4. The van der Waals surface area contributed by atoms with Crippen molar-refractivity contribution >= 4 is 39.5 Å². The molecule has 5 aromatic rings. The molecule has 18 heteroatoms. The predicted octanol–water partition coefficient (Wildman–Crippen LogP) is 7.75. The molecule has 0 aliphatic carbocycles. The second-order valence-corrected chi connectivity index (χ2v) is 21.3. The molecule has 0 spiro atoms. The summed E-state index contributed by atoms with van der Waals surface area (Å²) in [6, 6.07) is 37.9. The fourth-order valence-corrected chi connectivity index (χ4v) is 10.4. The summed E-state index contributed by atoms with van der Waals surface area (Å²) >= 11 is 0. The molecule has 0 bridgehead atoms. The van der Waals surface area contributed by atoms with E-state index in [1.807, 2.05) is 132 Å². The number of carbonyl (C=O) groups is 4. The minimum absolute atomic E-state index is 0.0124. The predicted molar refractivity (Wildman–Crippen MR) is 306 cm³/mol. The van der Waals surface area contributed by atoms with Crippen molar-refractivity contribution in [2.24, 2.45) is 0 Å². The monoisotopic (exact) mass is 1090 g/mol. The van der Waals surface area contributed by atoms with Gasteiger partial charge in [0.1, 0.15) is 11.5 Å². The lowest BCUT2D eigenvalue weighted by Gasteiger charge is -2.29. The number of benzene rings is 5. The maximum absolute atomic E-state index is 13.5. The van der Waals surface area contributed by atoms with E-state index in [2.05, 4.69) is 16.0 Å². The number of carboxylic acid groups (broad SMARTS) is 1. The number of hydrogen-bond donors (Lipinski definition) is 6. The summed E-state index contributed by atoms with van der Waals surface area (Å²) in [7, 11) is -0.462. The van der Waals surface area contributed by atoms with E-state index in [-0.39, 0.29) is 43.5 Å². The molecule has 5 rings (SSSR count). The van der Waals surface area contributed by atoms with Gasteiger partial charge in [0, 0.05) is 63.4 Å². The largest absolute Gasteiger partial charge is 0.497 e. The Kier molecular flexibility index (Phi) is 27.3. The summed E-state index contributed by atoms with van der Waals surface area (Å²) in [4.78, 5) is 53.7. The third kappa shape index (κ3) is 21.5. The van der Waals surface area contributed by atoms with Crippen molar-refractivity contribution in [3.05, 3.63) is 161 Å². The van der Waals surface area contributed by atoms with E-state index < -0.39 is 46.3 Å². The lowest BCUT2D eigenvalue weighted by Crippen LogP contribution is -2.50. The third-order valence-corrected chi connectivity index (χ3v) is 14.7. The summed E-state index contributed by atoms with van der Waals surface area (Å²) in [6.45, 7) is 11.6. The van der Waals surface area contributed by atoms with Gasteiger partial charge in [0.05, 0.1) is 50.8 Å². The van der Waals surface area contributed by atoms with Gasteiger partial charge in [0.15, 0.2) is 0 Å². The highest BCUT2D eigenvalue weighted by atomic mass is 32.2. The van der Waals surface area contributed by atoms with Crippen molar-refractivity contribution in [1.29, 1.82) is 0 Å². The van der Waals surface area contributed by atoms with Crippen molar-refractivity contribution in [1.82, 2.24) is 25.2 Å². The van der Waals surface area contributed by atoms with E-state index in [1.165, 1.54) is 11.4 Å². The van der Waals surface area contributed by atoms with Gasteiger partial charge in [-0.2, -0.15) is 0 Å². The number of nitrogens with zero attached hydrogens (tertiary/aromatic N) is 3. The van der Waals surface area contributed by atoms with Gasteiger partial charge in [-0.25, -0.2) is 17.5 Å². The minimum Gasteiger partial charge on any atom is -0.497 e. The standard InChI is InChI=1S/C32H41N3O4.C28H41N3O7S/c1-5-15-35(31(37)6-2)27-17-23(3)16-26(20-27)32(38)34-29(19-24-11-8-7-9-12-24)30(36)22-33-21-25-13-10-14-28(18-25)39-4;1-4-15-31(16-5-2)39(36,37)17-14-27(33)29-25(19-22-10-7-6-8-11-22)26(32)21-30(28(34)35)20-23-12-9-13-24(18-23)38-3/h7-14,16-18,20,29-30,33,36H,5-6,15,19,21-22H2,1-4H3,(H,34,38);6-13,18,25-26,32H,4-5,14-17,19-21H2,1-3H3,(H,29,33)(H,34,35)/t29-,30+;25-,26+/m00/s1. The maximum atomic E-state index is 13.5. The van der Waals surface area contributed by atoms with Crippen molar-refractivity contribution in [2.75, 3.05) is 57.6 Å². The lowest BCUT2D eigenvalue weighted by atomic mass is 10.00. The van der Waals surface area contributed by atoms with E-state index in [0.717, 1.165) is 39.3 Å². The van der Waals surface area contributed by atoms with Crippen LogP contribution in [0.2, 0.25) is 0 Å². The first-order valence-electron chi connectivity index (χ1n) is 26.8. The van der Waals surface area contributed by atoms with Crippen LogP contribution in [0, 0.1) is 6.92 Å². The van der Waals surface area contributed by atoms with Crippen LogP contribution in [0.3, 0.4) is 0 Å². The fourth-order valence-electron chi connectivity index (χ4n) is 8.78. The molecule has 0 aliphatic heterocycles. The Bertz CT molecular complexity index is 2730. The third-order valence-electron chi connectivity index (χ3n) is 12.8. The number of amides is 4. The number of carbonyl (C=O) groups excluding carboxylic acids is 3. The number of aryl methyl sites for hydroxylation is 1. The van der Waals surface area contributed by atoms with Crippen molar-refractivity contribution in [3.63, 3.8) is 0 Å². The van der Waals surface area contributed by atoms with Crippen LogP contribution in [0.4, 0.5) is 10.5 Å². The number of hydrogen-bond acceptors (Lipinski definition) is 11. The normalized spacial score (nSPS) is 12.7. The lowest BCUT2D eigenvalue weighted by molar-refractivity contribution is -0.122. The second-order valence-electron chi connectivity index (χ2n) is 19.2. The molecule has 0 unspecified atom stereocenters. The second kappa shape index (κ2) is 33.5. The van der Waals surface area contributed by atoms with E-state index in [1.54, 1.807) is 42.3 Å². The highest BCUT2D eigenvalue weighted by Crippen LogP contribution is 2.22. The Morgan fingerprint density at radius 1 is 0.641 bits per heavy atom. The molecule has 6 N–H and O–H groups in total. The molecule has 0 fully saturated rings. The Hall–Kier alpha value is -6.83. The van der Waals surface area contributed by atoms with Gasteiger partial charge in [-0.15, -0.1) is 0 Å². The Morgan fingerprint density at radius 2 is 1.18 bits per heavy atom. The van der Waals surface area contributed by atoms with Crippen LogP contribution >= 0.6 is 0 Å². The molecule has 0 radical (unpaired) electrons.